The third-order valence-corrected chi connectivity index (χ3v) is 3.89. The van der Waals surface area contributed by atoms with Crippen molar-refractivity contribution in [3.05, 3.63) is 47.5 Å². The van der Waals surface area contributed by atoms with E-state index in [4.69, 9.17) is 10.7 Å². The van der Waals surface area contributed by atoms with Gasteiger partial charge >= 0.3 is 0 Å². The largest absolute Gasteiger partial charge is 0.398 e. The van der Waals surface area contributed by atoms with Crippen LogP contribution >= 0.6 is 0 Å². The molecule has 108 valence electrons. The molecule has 0 aliphatic heterocycles. The summed E-state index contributed by atoms with van der Waals surface area (Å²) in [5.74, 6) is 0.959. The molecule has 2 N–H and O–H groups in total. The molecule has 0 unspecified atom stereocenters. The predicted octanol–water partition coefficient (Wildman–Crippen LogP) is 4.48. The Morgan fingerprint density at radius 2 is 1.86 bits per heavy atom. The van der Waals surface area contributed by atoms with Crippen molar-refractivity contribution in [3.8, 4) is 11.4 Å². The topological polar surface area (TPSA) is 43.8 Å². The maximum atomic E-state index is 6.22. The fraction of sp³-hybridized carbons (Fsp3) is 0.278. The van der Waals surface area contributed by atoms with Crippen molar-refractivity contribution in [2.45, 2.75) is 33.7 Å². The van der Waals surface area contributed by atoms with Crippen LogP contribution in [0.2, 0.25) is 0 Å². The number of rotatable bonds is 2. The third kappa shape index (κ3) is 2.19. The summed E-state index contributed by atoms with van der Waals surface area (Å²) in [5, 5.41) is 0. The Balaban J connectivity index is 2.39. The predicted molar refractivity (Wildman–Crippen MR) is 89.4 cm³/mol. The SMILES string of the molecule is Cc1ccc2c(c1)nc(-c1c(C)cccc1N)n2C(C)C. The van der Waals surface area contributed by atoms with Crippen LogP contribution in [0.4, 0.5) is 5.69 Å². The van der Waals surface area contributed by atoms with E-state index < -0.39 is 0 Å². The molecule has 0 bridgehead atoms. The molecule has 2 aromatic carbocycles. The second-order valence-corrected chi connectivity index (χ2v) is 5.93. The molecular formula is C18H21N3. The van der Waals surface area contributed by atoms with Gasteiger partial charge in [0.05, 0.1) is 11.0 Å². The van der Waals surface area contributed by atoms with Gasteiger partial charge in [-0.05, 0) is 57.0 Å². The van der Waals surface area contributed by atoms with Crippen LogP contribution in [0.1, 0.15) is 31.0 Å². The maximum Gasteiger partial charge on any atom is 0.143 e. The molecule has 3 heteroatoms. The highest BCUT2D eigenvalue weighted by Crippen LogP contribution is 2.33. The highest BCUT2D eigenvalue weighted by molar-refractivity contribution is 5.85. The smallest absolute Gasteiger partial charge is 0.143 e. The van der Waals surface area contributed by atoms with E-state index in [0.717, 1.165) is 33.7 Å². The zero-order valence-electron chi connectivity index (χ0n) is 13.0. The highest BCUT2D eigenvalue weighted by Gasteiger charge is 2.18. The molecule has 0 amide bonds. The molecule has 0 fully saturated rings. The summed E-state index contributed by atoms with van der Waals surface area (Å²) in [6, 6.07) is 12.8. The second kappa shape index (κ2) is 4.92. The lowest BCUT2D eigenvalue weighted by molar-refractivity contribution is 0.624. The van der Waals surface area contributed by atoms with Crippen molar-refractivity contribution in [3.63, 3.8) is 0 Å². The van der Waals surface area contributed by atoms with Crippen molar-refractivity contribution >= 4 is 16.7 Å². The maximum absolute atomic E-state index is 6.22. The van der Waals surface area contributed by atoms with E-state index in [-0.39, 0.29) is 0 Å². The Bertz CT molecular complexity index is 792. The Kier molecular flexibility index (Phi) is 3.20. The lowest BCUT2D eigenvalue weighted by atomic mass is 10.1. The highest BCUT2D eigenvalue weighted by atomic mass is 15.1. The van der Waals surface area contributed by atoms with E-state index in [2.05, 4.69) is 56.5 Å². The normalized spacial score (nSPS) is 11.5. The zero-order chi connectivity index (χ0) is 15.1. The van der Waals surface area contributed by atoms with Crippen LogP contribution in [0.15, 0.2) is 36.4 Å². The van der Waals surface area contributed by atoms with Crippen LogP contribution < -0.4 is 5.73 Å². The van der Waals surface area contributed by atoms with Crippen LogP contribution in [0, 0.1) is 13.8 Å². The number of hydrogen-bond donors (Lipinski definition) is 1. The van der Waals surface area contributed by atoms with E-state index >= 15 is 0 Å². The third-order valence-electron chi connectivity index (χ3n) is 3.89. The Hall–Kier alpha value is -2.29. The Morgan fingerprint density at radius 3 is 2.52 bits per heavy atom. The molecule has 0 atom stereocenters. The summed E-state index contributed by atoms with van der Waals surface area (Å²) in [6.07, 6.45) is 0. The Morgan fingerprint density at radius 1 is 1.10 bits per heavy atom. The van der Waals surface area contributed by atoms with Crippen LogP contribution in [0.25, 0.3) is 22.4 Å². The fourth-order valence-corrected chi connectivity index (χ4v) is 2.90. The van der Waals surface area contributed by atoms with Gasteiger partial charge in [-0.2, -0.15) is 0 Å². The fourth-order valence-electron chi connectivity index (χ4n) is 2.90. The standard InChI is InChI=1S/C18H21N3/c1-11(2)21-16-9-8-12(3)10-15(16)20-18(21)17-13(4)6-5-7-14(17)19/h5-11H,19H2,1-4H3. The van der Waals surface area contributed by atoms with Gasteiger partial charge in [0.15, 0.2) is 0 Å². The first-order valence-electron chi connectivity index (χ1n) is 7.33. The summed E-state index contributed by atoms with van der Waals surface area (Å²) in [5.41, 5.74) is 12.6. The minimum Gasteiger partial charge on any atom is -0.398 e. The second-order valence-electron chi connectivity index (χ2n) is 5.93. The van der Waals surface area contributed by atoms with Gasteiger partial charge in [-0.3, -0.25) is 0 Å². The van der Waals surface area contributed by atoms with Crippen molar-refractivity contribution in [2.24, 2.45) is 0 Å². The minimum atomic E-state index is 0.326. The molecule has 1 aromatic heterocycles. The number of nitrogens with two attached hydrogens (primary N) is 1. The summed E-state index contributed by atoms with van der Waals surface area (Å²) < 4.78 is 2.27. The van der Waals surface area contributed by atoms with E-state index in [0.29, 0.717) is 6.04 Å². The van der Waals surface area contributed by atoms with Crippen molar-refractivity contribution in [1.82, 2.24) is 9.55 Å². The molecule has 0 saturated heterocycles. The minimum absolute atomic E-state index is 0.326. The first-order chi connectivity index (χ1) is 9.99. The number of nitrogens with zero attached hydrogens (tertiary/aromatic N) is 2. The number of benzene rings is 2. The van der Waals surface area contributed by atoms with Crippen molar-refractivity contribution < 1.29 is 0 Å². The summed E-state index contributed by atoms with van der Waals surface area (Å²) in [4.78, 5) is 4.87. The van der Waals surface area contributed by atoms with Gasteiger partial charge in [0.25, 0.3) is 0 Å². The Labute approximate surface area is 125 Å². The van der Waals surface area contributed by atoms with Gasteiger partial charge in [-0.1, -0.05) is 18.2 Å². The van der Waals surface area contributed by atoms with Gasteiger partial charge in [-0.15, -0.1) is 0 Å². The van der Waals surface area contributed by atoms with Crippen LogP contribution in [-0.4, -0.2) is 9.55 Å². The number of anilines is 1. The van der Waals surface area contributed by atoms with Gasteiger partial charge < -0.3 is 10.3 Å². The number of fused-ring (bicyclic) bond motifs is 1. The van der Waals surface area contributed by atoms with Crippen LogP contribution in [-0.2, 0) is 0 Å². The number of aryl methyl sites for hydroxylation is 2. The molecule has 0 saturated carbocycles. The summed E-state index contributed by atoms with van der Waals surface area (Å²) >= 11 is 0. The molecular weight excluding hydrogens is 258 g/mol. The average Bonchev–Trinajstić information content (AvgIpc) is 2.76. The van der Waals surface area contributed by atoms with Crippen LogP contribution in [0.5, 0.6) is 0 Å². The molecule has 3 nitrogen and oxygen atoms in total. The quantitative estimate of drug-likeness (QED) is 0.703. The molecule has 0 aliphatic rings. The number of aromatic nitrogens is 2. The molecule has 0 radical (unpaired) electrons. The lowest BCUT2D eigenvalue weighted by Crippen LogP contribution is -2.05. The van der Waals surface area contributed by atoms with Gasteiger partial charge in [0.1, 0.15) is 5.82 Å². The van der Waals surface area contributed by atoms with Gasteiger partial charge in [0, 0.05) is 17.3 Å². The molecule has 0 spiro atoms. The molecule has 3 aromatic rings. The van der Waals surface area contributed by atoms with E-state index in [1.54, 1.807) is 0 Å². The number of nitrogen functional groups attached to an aromatic ring is 1. The van der Waals surface area contributed by atoms with Gasteiger partial charge in [-0.25, -0.2) is 4.98 Å². The summed E-state index contributed by atoms with van der Waals surface area (Å²) in [6.45, 7) is 8.54. The van der Waals surface area contributed by atoms with Crippen molar-refractivity contribution in [1.29, 1.82) is 0 Å². The van der Waals surface area contributed by atoms with E-state index in [1.807, 2.05) is 12.1 Å². The van der Waals surface area contributed by atoms with E-state index in [9.17, 15) is 0 Å². The zero-order valence-corrected chi connectivity index (χ0v) is 13.0. The molecule has 3 rings (SSSR count). The summed E-state index contributed by atoms with van der Waals surface area (Å²) in [7, 11) is 0. The van der Waals surface area contributed by atoms with Gasteiger partial charge in [0.2, 0.25) is 0 Å². The van der Waals surface area contributed by atoms with E-state index in [1.165, 1.54) is 5.56 Å². The lowest BCUT2D eigenvalue weighted by Gasteiger charge is -2.15. The average molecular weight is 279 g/mol. The molecule has 1 heterocycles. The number of imidazole rings is 1. The first-order valence-corrected chi connectivity index (χ1v) is 7.33. The monoisotopic (exact) mass is 279 g/mol. The number of hydrogen-bond acceptors (Lipinski definition) is 2. The molecule has 0 aliphatic carbocycles. The first kappa shape index (κ1) is 13.7. The molecule has 21 heavy (non-hydrogen) atoms. The van der Waals surface area contributed by atoms with Crippen molar-refractivity contribution in [2.75, 3.05) is 5.73 Å². The van der Waals surface area contributed by atoms with Crippen LogP contribution in [0.3, 0.4) is 0 Å².